The first kappa shape index (κ1) is 18.3. The Morgan fingerprint density at radius 2 is 2.04 bits per heavy atom. The lowest BCUT2D eigenvalue weighted by Gasteiger charge is -2.29. The Balaban J connectivity index is 1.55. The molecule has 3 aliphatic rings. The Morgan fingerprint density at radius 1 is 1.28 bits per heavy atom. The zero-order valence-corrected chi connectivity index (χ0v) is 14.6. The third-order valence-electron chi connectivity index (χ3n) is 4.92. The maximum atomic E-state index is 12.4. The van der Waals surface area contributed by atoms with E-state index < -0.39 is 34.4 Å². The highest BCUT2D eigenvalue weighted by molar-refractivity contribution is 7.80. The van der Waals surface area contributed by atoms with Gasteiger partial charge >= 0.3 is 16.4 Å². The molecule has 3 N–H and O–H groups in total. The summed E-state index contributed by atoms with van der Waals surface area (Å²) >= 11 is 0. The molecular formula is C13H22N4O7S. The average molecular weight is 378 g/mol. The minimum atomic E-state index is -4.80. The lowest BCUT2D eigenvalue weighted by atomic mass is 10.0. The molecule has 0 aromatic heterocycles. The van der Waals surface area contributed by atoms with Crippen molar-refractivity contribution >= 4 is 22.3 Å². The van der Waals surface area contributed by atoms with Gasteiger partial charge in [0.15, 0.2) is 0 Å². The summed E-state index contributed by atoms with van der Waals surface area (Å²) in [7, 11) is -2.92. The number of hydrogen-bond donors (Lipinski definition) is 3. The number of amides is 3. The first-order valence-corrected chi connectivity index (χ1v) is 9.54. The van der Waals surface area contributed by atoms with Gasteiger partial charge in [0.05, 0.1) is 12.1 Å². The minimum absolute atomic E-state index is 0.0774. The normalized spacial score (nSPS) is 32.3. The van der Waals surface area contributed by atoms with Gasteiger partial charge in [0.1, 0.15) is 6.04 Å². The molecule has 4 atom stereocenters. The van der Waals surface area contributed by atoms with Crippen molar-refractivity contribution in [2.24, 2.45) is 0 Å². The van der Waals surface area contributed by atoms with E-state index in [2.05, 4.69) is 15.1 Å². The zero-order valence-electron chi connectivity index (χ0n) is 13.8. The van der Waals surface area contributed by atoms with Gasteiger partial charge in [0.2, 0.25) is 0 Å². The summed E-state index contributed by atoms with van der Waals surface area (Å²) in [4.78, 5) is 31.3. The van der Waals surface area contributed by atoms with Crippen LogP contribution in [0, 0.1) is 0 Å². The van der Waals surface area contributed by atoms with Crippen LogP contribution in [0.2, 0.25) is 0 Å². The monoisotopic (exact) mass is 378 g/mol. The molecule has 1 saturated carbocycles. The van der Waals surface area contributed by atoms with E-state index in [9.17, 15) is 18.0 Å². The van der Waals surface area contributed by atoms with Crippen LogP contribution in [0.4, 0.5) is 4.79 Å². The molecule has 25 heavy (non-hydrogen) atoms. The van der Waals surface area contributed by atoms with Crippen molar-refractivity contribution < 1.29 is 31.7 Å². The fourth-order valence-corrected chi connectivity index (χ4v) is 4.01. The lowest BCUT2D eigenvalue weighted by Crippen LogP contribution is -2.50. The number of hydrogen-bond acceptors (Lipinski definition) is 7. The van der Waals surface area contributed by atoms with Gasteiger partial charge in [-0.25, -0.2) is 10.3 Å². The van der Waals surface area contributed by atoms with Crippen LogP contribution in [-0.4, -0.2) is 72.7 Å². The quantitative estimate of drug-likeness (QED) is 0.403. The van der Waals surface area contributed by atoms with Gasteiger partial charge in [0.25, 0.3) is 5.91 Å². The van der Waals surface area contributed by atoms with E-state index in [-0.39, 0.29) is 12.6 Å². The summed E-state index contributed by atoms with van der Waals surface area (Å²) in [5, 5.41) is 3.77. The Labute approximate surface area is 145 Å². The zero-order chi connectivity index (χ0) is 18.2. The molecular weight excluding hydrogens is 356 g/mol. The Morgan fingerprint density at radius 3 is 2.68 bits per heavy atom. The van der Waals surface area contributed by atoms with Crippen LogP contribution < -0.4 is 10.8 Å². The first-order chi connectivity index (χ1) is 11.8. The van der Waals surface area contributed by atoms with Gasteiger partial charge in [-0.2, -0.15) is 13.5 Å². The highest BCUT2D eigenvalue weighted by atomic mass is 32.3. The molecule has 2 unspecified atom stereocenters. The van der Waals surface area contributed by atoms with Gasteiger partial charge in [-0.05, 0) is 39.2 Å². The standard InChI is InChI=1S/C13H22N4O7S/c1-14-8-2-4-10(6-8)23-15-12(18)11-5-3-9-7-16(11)13(19)17(9)24-25(20,21)22/h8-11,14H,2-7H2,1H3,(H,15,18)(H,20,21,22)/t8-,9?,10-,11?/m0/s1. The molecule has 1 aliphatic carbocycles. The first-order valence-electron chi connectivity index (χ1n) is 8.18. The molecule has 2 bridgehead atoms. The summed E-state index contributed by atoms with van der Waals surface area (Å²) in [6.07, 6.45) is 3.24. The van der Waals surface area contributed by atoms with Crippen LogP contribution in [0.3, 0.4) is 0 Å². The second-order valence-corrected chi connectivity index (χ2v) is 7.52. The van der Waals surface area contributed by atoms with Gasteiger partial charge in [-0.1, -0.05) is 0 Å². The van der Waals surface area contributed by atoms with E-state index in [0.29, 0.717) is 23.9 Å². The van der Waals surface area contributed by atoms with Gasteiger partial charge in [0, 0.05) is 12.6 Å². The van der Waals surface area contributed by atoms with E-state index in [4.69, 9.17) is 9.39 Å². The van der Waals surface area contributed by atoms with Gasteiger partial charge in [-0.15, -0.1) is 4.28 Å². The maximum Gasteiger partial charge on any atom is 0.418 e. The molecule has 2 aliphatic heterocycles. The molecule has 0 spiro atoms. The molecule has 11 nitrogen and oxygen atoms in total. The van der Waals surface area contributed by atoms with Crippen molar-refractivity contribution in [3.63, 3.8) is 0 Å². The number of urea groups is 1. The van der Waals surface area contributed by atoms with Crippen LogP contribution in [0.25, 0.3) is 0 Å². The summed E-state index contributed by atoms with van der Waals surface area (Å²) in [6.45, 7) is 0.150. The van der Waals surface area contributed by atoms with E-state index >= 15 is 0 Å². The third-order valence-corrected chi connectivity index (χ3v) is 5.27. The third kappa shape index (κ3) is 4.03. The topological polar surface area (TPSA) is 138 Å². The molecule has 3 fully saturated rings. The Hall–Kier alpha value is -1.47. The molecule has 0 radical (unpaired) electrons. The number of nitrogens with one attached hydrogen (secondary N) is 2. The SMILES string of the molecule is CN[C@H]1CC[C@H](ONC(=O)C2CCC3CN2C(=O)N3OS(=O)(=O)O)C1. The highest BCUT2D eigenvalue weighted by Crippen LogP contribution is 2.31. The van der Waals surface area contributed by atoms with Gasteiger partial charge in [-0.3, -0.25) is 14.2 Å². The van der Waals surface area contributed by atoms with Crippen molar-refractivity contribution in [3.05, 3.63) is 0 Å². The number of nitrogens with zero attached hydrogens (tertiary/aromatic N) is 2. The summed E-state index contributed by atoms with van der Waals surface area (Å²) in [5.74, 6) is -0.451. The Kier molecular flexibility index (Phi) is 5.16. The predicted molar refractivity (Wildman–Crippen MR) is 83.1 cm³/mol. The van der Waals surface area contributed by atoms with E-state index in [1.807, 2.05) is 7.05 Å². The van der Waals surface area contributed by atoms with Crippen molar-refractivity contribution in [1.29, 1.82) is 0 Å². The van der Waals surface area contributed by atoms with Crippen LogP contribution in [0.1, 0.15) is 32.1 Å². The molecule has 3 rings (SSSR count). The van der Waals surface area contributed by atoms with Crippen LogP contribution in [-0.2, 0) is 24.3 Å². The smallest absolute Gasteiger partial charge is 0.317 e. The highest BCUT2D eigenvalue weighted by Gasteiger charge is 2.49. The number of rotatable bonds is 6. The second kappa shape index (κ2) is 7.03. The number of piperidine rings is 1. The van der Waals surface area contributed by atoms with E-state index in [1.54, 1.807) is 0 Å². The van der Waals surface area contributed by atoms with Gasteiger partial charge < -0.3 is 10.2 Å². The fourth-order valence-electron chi connectivity index (χ4n) is 3.62. The Bertz CT molecular complexity index is 642. The lowest BCUT2D eigenvalue weighted by molar-refractivity contribution is -0.143. The molecule has 12 heteroatoms. The summed E-state index contributed by atoms with van der Waals surface area (Å²) in [5.41, 5.74) is 2.42. The molecule has 142 valence electrons. The molecule has 0 aromatic rings. The summed E-state index contributed by atoms with van der Waals surface area (Å²) < 4.78 is 34.8. The number of hydroxylamine groups is 3. The van der Waals surface area contributed by atoms with Crippen LogP contribution in [0.15, 0.2) is 0 Å². The van der Waals surface area contributed by atoms with Crippen LogP contribution in [0.5, 0.6) is 0 Å². The molecule has 2 heterocycles. The molecule has 2 saturated heterocycles. The number of carbonyl (C=O) groups excluding carboxylic acids is 2. The maximum absolute atomic E-state index is 12.4. The number of carbonyl (C=O) groups is 2. The predicted octanol–water partition coefficient (Wildman–Crippen LogP) is -0.822. The summed E-state index contributed by atoms with van der Waals surface area (Å²) in [6, 6.07) is -1.69. The van der Waals surface area contributed by atoms with Crippen LogP contribution >= 0.6 is 0 Å². The van der Waals surface area contributed by atoms with E-state index in [1.165, 1.54) is 4.90 Å². The van der Waals surface area contributed by atoms with Crippen molar-refractivity contribution in [2.75, 3.05) is 13.6 Å². The van der Waals surface area contributed by atoms with Crippen molar-refractivity contribution in [3.8, 4) is 0 Å². The van der Waals surface area contributed by atoms with Crippen molar-refractivity contribution in [2.45, 2.75) is 56.3 Å². The fraction of sp³-hybridized carbons (Fsp3) is 0.846. The molecule has 0 aromatic carbocycles. The number of fused-ring (bicyclic) bond motifs is 2. The average Bonchev–Trinajstić information content (AvgIpc) is 3.11. The van der Waals surface area contributed by atoms with Crippen molar-refractivity contribution in [1.82, 2.24) is 20.8 Å². The second-order valence-electron chi connectivity index (χ2n) is 6.51. The minimum Gasteiger partial charge on any atom is -0.317 e. The molecule has 3 amide bonds. The largest absolute Gasteiger partial charge is 0.418 e. The van der Waals surface area contributed by atoms with E-state index in [0.717, 1.165) is 19.3 Å².